The minimum atomic E-state index is -0.834. The van der Waals surface area contributed by atoms with E-state index in [9.17, 15) is 9.90 Å². The summed E-state index contributed by atoms with van der Waals surface area (Å²) in [6, 6.07) is 9.51. The molecule has 29 heavy (non-hydrogen) atoms. The van der Waals surface area contributed by atoms with E-state index in [0.29, 0.717) is 18.7 Å². The van der Waals surface area contributed by atoms with Crippen molar-refractivity contribution in [2.45, 2.75) is 58.4 Å². The maximum atomic E-state index is 11.9. The molecule has 0 radical (unpaired) electrons. The first-order valence-corrected chi connectivity index (χ1v) is 11.2. The van der Waals surface area contributed by atoms with Crippen LogP contribution in [0.4, 0.5) is 5.82 Å². The van der Waals surface area contributed by atoms with E-state index >= 15 is 0 Å². The fourth-order valence-electron chi connectivity index (χ4n) is 4.02. The Morgan fingerprint density at radius 1 is 1.17 bits per heavy atom. The highest BCUT2D eigenvalue weighted by Crippen LogP contribution is 2.39. The molecule has 0 spiro atoms. The summed E-state index contributed by atoms with van der Waals surface area (Å²) >= 11 is 1.75. The predicted molar refractivity (Wildman–Crippen MR) is 118 cm³/mol. The molecule has 5 nitrogen and oxygen atoms in total. The molecule has 1 aliphatic rings. The van der Waals surface area contributed by atoms with Gasteiger partial charge in [0.25, 0.3) is 0 Å². The van der Waals surface area contributed by atoms with E-state index in [0.717, 1.165) is 34.4 Å². The summed E-state index contributed by atoms with van der Waals surface area (Å²) in [5.41, 5.74) is 2.47. The lowest BCUT2D eigenvalue weighted by atomic mass is 9.96. The summed E-state index contributed by atoms with van der Waals surface area (Å²) < 4.78 is 0. The fraction of sp³-hybridized carbons (Fsp3) is 0.435. The highest BCUT2D eigenvalue weighted by molar-refractivity contribution is 7.19. The number of nitrogens with one attached hydrogen (secondary N) is 1. The van der Waals surface area contributed by atoms with Gasteiger partial charge >= 0.3 is 5.97 Å². The summed E-state index contributed by atoms with van der Waals surface area (Å²) in [6.45, 7) is 4.08. The van der Waals surface area contributed by atoms with Crippen LogP contribution in [0.15, 0.2) is 30.3 Å². The van der Waals surface area contributed by atoms with Crippen molar-refractivity contribution in [3.05, 3.63) is 52.2 Å². The molecule has 0 saturated heterocycles. The number of hydrogen-bond acceptors (Lipinski definition) is 5. The Labute approximate surface area is 175 Å². The van der Waals surface area contributed by atoms with E-state index in [4.69, 9.17) is 9.97 Å². The standard InChI is InChI=1S/C23H27N3O2S/c1-14(2)12-17(23(27)28)24-21-20-16-10-6-7-11-18(16)29-22(20)26-19(25-21)13-15-8-4-3-5-9-15/h3-5,8-9,14,17H,6-7,10-13H2,1-2H3,(H,27,28)(H,24,25,26). The van der Waals surface area contributed by atoms with Gasteiger partial charge in [0.2, 0.25) is 0 Å². The van der Waals surface area contributed by atoms with Crippen LogP contribution in [0.3, 0.4) is 0 Å². The number of aryl methyl sites for hydroxylation is 2. The van der Waals surface area contributed by atoms with E-state index in [2.05, 4.69) is 17.4 Å². The van der Waals surface area contributed by atoms with Gasteiger partial charge in [0.1, 0.15) is 22.5 Å². The first-order chi connectivity index (χ1) is 14.0. The molecule has 0 bridgehead atoms. The Bertz CT molecular complexity index is 1010. The van der Waals surface area contributed by atoms with Crippen molar-refractivity contribution in [2.24, 2.45) is 5.92 Å². The van der Waals surface area contributed by atoms with Gasteiger partial charge in [0, 0.05) is 11.3 Å². The number of anilines is 1. The molecule has 2 aromatic heterocycles. The average Bonchev–Trinajstić information content (AvgIpc) is 3.06. The van der Waals surface area contributed by atoms with Crippen molar-refractivity contribution in [3.63, 3.8) is 0 Å². The molecule has 1 aromatic carbocycles. The van der Waals surface area contributed by atoms with Crippen molar-refractivity contribution < 1.29 is 9.90 Å². The minimum absolute atomic E-state index is 0.279. The number of fused-ring (bicyclic) bond motifs is 3. The third kappa shape index (κ3) is 4.42. The number of aromatic nitrogens is 2. The van der Waals surface area contributed by atoms with Crippen molar-refractivity contribution >= 4 is 33.3 Å². The molecule has 2 N–H and O–H groups in total. The molecular formula is C23H27N3O2S. The smallest absolute Gasteiger partial charge is 0.326 e. The number of carboxylic acids is 1. The van der Waals surface area contributed by atoms with Gasteiger partial charge in [-0.3, -0.25) is 0 Å². The molecule has 0 aliphatic heterocycles. The fourth-order valence-corrected chi connectivity index (χ4v) is 5.30. The van der Waals surface area contributed by atoms with E-state index in [1.165, 1.54) is 23.3 Å². The Hall–Kier alpha value is -2.47. The number of carbonyl (C=O) groups is 1. The van der Waals surface area contributed by atoms with E-state index in [1.807, 2.05) is 32.0 Å². The first-order valence-electron chi connectivity index (χ1n) is 10.4. The van der Waals surface area contributed by atoms with Gasteiger partial charge in [-0.1, -0.05) is 44.2 Å². The lowest BCUT2D eigenvalue weighted by molar-refractivity contribution is -0.138. The number of hydrogen-bond donors (Lipinski definition) is 2. The van der Waals surface area contributed by atoms with Crippen LogP contribution in [0.2, 0.25) is 0 Å². The van der Waals surface area contributed by atoms with Gasteiger partial charge in [-0.2, -0.15) is 0 Å². The molecule has 1 aliphatic carbocycles. The maximum Gasteiger partial charge on any atom is 0.326 e. The van der Waals surface area contributed by atoms with Gasteiger partial charge in [0.05, 0.1) is 5.39 Å². The topological polar surface area (TPSA) is 75.1 Å². The van der Waals surface area contributed by atoms with Gasteiger partial charge in [-0.05, 0) is 49.1 Å². The number of rotatable bonds is 7. The SMILES string of the molecule is CC(C)CC(Nc1nc(Cc2ccccc2)nc2sc3c(c12)CCCC3)C(=O)O. The third-order valence-electron chi connectivity index (χ3n) is 5.38. The Morgan fingerprint density at radius 2 is 1.93 bits per heavy atom. The summed E-state index contributed by atoms with van der Waals surface area (Å²) in [6.07, 6.45) is 5.67. The van der Waals surface area contributed by atoms with E-state index in [-0.39, 0.29) is 5.92 Å². The van der Waals surface area contributed by atoms with Crippen molar-refractivity contribution in [1.29, 1.82) is 0 Å². The minimum Gasteiger partial charge on any atom is -0.480 e. The highest BCUT2D eigenvalue weighted by atomic mass is 32.1. The molecule has 1 unspecified atom stereocenters. The lowest BCUT2D eigenvalue weighted by Gasteiger charge is -2.19. The quantitative estimate of drug-likeness (QED) is 0.570. The molecule has 4 rings (SSSR count). The van der Waals surface area contributed by atoms with Gasteiger partial charge in [-0.25, -0.2) is 14.8 Å². The Morgan fingerprint density at radius 3 is 2.66 bits per heavy atom. The van der Waals surface area contributed by atoms with Crippen LogP contribution in [0.5, 0.6) is 0 Å². The van der Waals surface area contributed by atoms with Crippen molar-refractivity contribution in [3.8, 4) is 0 Å². The summed E-state index contributed by atoms with van der Waals surface area (Å²) in [5.74, 6) is 0.868. The van der Waals surface area contributed by atoms with Gasteiger partial charge < -0.3 is 10.4 Å². The van der Waals surface area contributed by atoms with Crippen LogP contribution in [0.25, 0.3) is 10.2 Å². The van der Waals surface area contributed by atoms with Crippen LogP contribution in [0.1, 0.15) is 54.9 Å². The van der Waals surface area contributed by atoms with Crippen LogP contribution in [-0.2, 0) is 24.1 Å². The zero-order chi connectivity index (χ0) is 20.4. The summed E-state index contributed by atoms with van der Waals surface area (Å²) in [4.78, 5) is 23.9. The molecule has 0 fully saturated rings. The van der Waals surface area contributed by atoms with Crippen LogP contribution < -0.4 is 5.32 Å². The Kier molecular flexibility index (Phi) is 5.81. The normalized spacial score (nSPS) is 14.7. The number of aliphatic carboxylic acids is 1. The monoisotopic (exact) mass is 409 g/mol. The molecule has 6 heteroatoms. The number of carboxylic acid groups (broad SMARTS) is 1. The molecule has 152 valence electrons. The average molecular weight is 410 g/mol. The molecule has 2 heterocycles. The first kappa shape index (κ1) is 19.8. The van der Waals surface area contributed by atoms with Crippen molar-refractivity contribution in [2.75, 3.05) is 5.32 Å². The highest BCUT2D eigenvalue weighted by Gasteiger charge is 2.25. The summed E-state index contributed by atoms with van der Waals surface area (Å²) in [5, 5.41) is 14.1. The number of thiophene rings is 1. The number of benzene rings is 1. The summed E-state index contributed by atoms with van der Waals surface area (Å²) in [7, 11) is 0. The second-order valence-electron chi connectivity index (χ2n) is 8.21. The third-order valence-corrected chi connectivity index (χ3v) is 6.57. The van der Waals surface area contributed by atoms with E-state index < -0.39 is 12.0 Å². The second kappa shape index (κ2) is 8.49. The van der Waals surface area contributed by atoms with Gasteiger partial charge in [-0.15, -0.1) is 11.3 Å². The van der Waals surface area contributed by atoms with Crippen molar-refractivity contribution in [1.82, 2.24) is 9.97 Å². The van der Waals surface area contributed by atoms with E-state index in [1.54, 1.807) is 11.3 Å². The van der Waals surface area contributed by atoms with Crippen LogP contribution >= 0.6 is 11.3 Å². The zero-order valence-corrected chi connectivity index (χ0v) is 17.8. The predicted octanol–water partition coefficient (Wildman–Crippen LogP) is 5.07. The maximum absolute atomic E-state index is 11.9. The number of nitrogens with zero attached hydrogens (tertiary/aromatic N) is 2. The molecular weight excluding hydrogens is 382 g/mol. The molecule has 0 amide bonds. The second-order valence-corrected chi connectivity index (χ2v) is 9.29. The Balaban J connectivity index is 1.78. The zero-order valence-electron chi connectivity index (χ0n) is 16.9. The lowest BCUT2D eigenvalue weighted by Crippen LogP contribution is -2.31. The van der Waals surface area contributed by atoms with Crippen LogP contribution in [-0.4, -0.2) is 27.1 Å². The van der Waals surface area contributed by atoms with Gasteiger partial charge in [0.15, 0.2) is 0 Å². The largest absolute Gasteiger partial charge is 0.480 e. The van der Waals surface area contributed by atoms with Crippen LogP contribution in [0, 0.1) is 5.92 Å². The molecule has 1 atom stereocenters. The molecule has 0 saturated carbocycles. The molecule has 3 aromatic rings.